The van der Waals surface area contributed by atoms with E-state index in [2.05, 4.69) is 16.0 Å². The van der Waals surface area contributed by atoms with Crippen LogP contribution in [0.4, 0.5) is 18.9 Å². The molecule has 13 heteroatoms. The predicted molar refractivity (Wildman–Crippen MR) is 159 cm³/mol. The van der Waals surface area contributed by atoms with E-state index in [0.29, 0.717) is 36.5 Å². The van der Waals surface area contributed by atoms with Crippen LogP contribution in [0, 0.1) is 17.8 Å². The second-order valence-corrected chi connectivity index (χ2v) is 12.6. The van der Waals surface area contributed by atoms with Crippen LogP contribution in [0.25, 0.3) is 0 Å². The molecule has 3 saturated heterocycles. The predicted octanol–water partition coefficient (Wildman–Crippen LogP) is 4.61. The van der Waals surface area contributed by atoms with Crippen molar-refractivity contribution in [2.24, 2.45) is 17.8 Å². The van der Waals surface area contributed by atoms with Crippen LogP contribution >= 0.6 is 11.6 Å². The Morgan fingerprint density at radius 2 is 1.98 bits per heavy atom. The van der Waals surface area contributed by atoms with Gasteiger partial charge >= 0.3 is 5.97 Å². The van der Waals surface area contributed by atoms with Gasteiger partial charge in [0.15, 0.2) is 0 Å². The van der Waals surface area contributed by atoms with Crippen molar-refractivity contribution in [1.82, 2.24) is 15.5 Å². The zero-order valence-corrected chi connectivity index (χ0v) is 25.8. The molecule has 3 heterocycles. The van der Waals surface area contributed by atoms with Crippen LogP contribution < -0.4 is 16.0 Å². The number of nitrogens with one attached hydrogen (secondary N) is 3. The first-order chi connectivity index (χ1) is 20.8. The third kappa shape index (κ3) is 7.86. The van der Waals surface area contributed by atoms with Gasteiger partial charge in [-0.3, -0.25) is 14.4 Å². The summed E-state index contributed by atoms with van der Waals surface area (Å²) in [6, 6.07) is 2.33. The Hall–Kier alpha value is -3.28. The summed E-state index contributed by atoms with van der Waals surface area (Å²) in [4.78, 5) is 53.7. The van der Waals surface area contributed by atoms with Gasteiger partial charge in [-0.1, -0.05) is 31.5 Å². The Balaban J connectivity index is 1.65. The number of piperidine rings is 2. The van der Waals surface area contributed by atoms with E-state index in [-0.39, 0.29) is 31.3 Å². The highest BCUT2D eigenvalue weighted by Crippen LogP contribution is 2.49. The minimum Gasteiger partial charge on any atom is -0.461 e. The number of alkyl halides is 2. The first kappa shape index (κ1) is 33.6. The summed E-state index contributed by atoms with van der Waals surface area (Å²) >= 11 is 6.14. The van der Waals surface area contributed by atoms with Crippen molar-refractivity contribution in [3.63, 3.8) is 0 Å². The third-order valence-corrected chi connectivity index (χ3v) is 8.71. The van der Waals surface area contributed by atoms with Crippen LogP contribution in [0.3, 0.4) is 0 Å². The molecule has 0 spiro atoms. The molecule has 3 amide bonds. The molecule has 1 aromatic carbocycles. The summed E-state index contributed by atoms with van der Waals surface area (Å²) in [6.45, 7) is 5.67. The molecule has 242 valence electrons. The van der Waals surface area contributed by atoms with Crippen LogP contribution in [-0.4, -0.2) is 71.8 Å². The van der Waals surface area contributed by atoms with Crippen LogP contribution in [0.2, 0.25) is 5.02 Å². The quantitative estimate of drug-likeness (QED) is 0.227. The largest absolute Gasteiger partial charge is 0.461 e. The molecule has 3 aliphatic heterocycles. The Kier molecular flexibility index (Phi) is 10.9. The lowest BCUT2D eigenvalue weighted by Gasteiger charge is -2.54. The number of carbonyl (C=O) groups excluding carboxylic acids is 4. The van der Waals surface area contributed by atoms with Crippen molar-refractivity contribution < 1.29 is 37.1 Å². The number of ether oxygens (including phenoxy) is 1. The lowest BCUT2D eigenvalue weighted by atomic mass is 9.71. The standard InChI is InChI=1S/C31H40ClF3N4O5/c1-4-44-30(43)24(33)15-21(13-18-10-11-36-27(18)40)38-28(41)26-23-9-8-22(16-31(23,34)35)39(26)29(42)25(12-17(2)3)37-20-7-5-6-19(32)14-20/h5-7,14-15,17-18,21-23,25-26,37H,4,8-13,16H2,1-3H3,(H,36,40)(H,38,41)/b24-15-/t18-,21-,22+,23+,25-,26+/m0/s1. The fraction of sp³-hybridized carbons (Fsp3) is 0.613. The third-order valence-electron chi connectivity index (χ3n) is 8.48. The molecule has 4 fully saturated rings. The van der Waals surface area contributed by atoms with Gasteiger partial charge in [0.1, 0.15) is 12.1 Å². The number of fused-ring (bicyclic) bond motifs is 3. The number of carbonyl (C=O) groups is 4. The van der Waals surface area contributed by atoms with E-state index in [1.165, 1.54) is 11.8 Å². The monoisotopic (exact) mass is 640 g/mol. The first-order valence-corrected chi connectivity index (χ1v) is 15.5. The van der Waals surface area contributed by atoms with Gasteiger partial charge in [-0.25, -0.2) is 13.6 Å². The van der Waals surface area contributed by atoms with Crippen molar-refractivity contribution in [2.75, 3.05) is 18.5 Å². The van der Waals surface area contributed by atoms with Gasteiger partial charge in [0, 0.05) is 35.6 Å². The van der Waals surface area contributed by atoms with E-state index in [0.717, 1.165) is 6.08 Å². The number of benzene rings is 1. The summed E-state index contributed by atoms with van der Waals surface area (Å²) in [6.07, 6.45) is 1.32. The van der Waals surface area contributed by atoms with Gasteiger partial charge in [0.25, 0.3) is 5.92 Å². The number of hydrogen-bond donors (Lipinski definition) is 3. The van der Waals surface area contributed by atoms with Gasteiger partial charge < -0.3 is 25.6 Å². The van der Waals surface area contributed by atoms with E-state index in [1.807, 2.05) is 13.8 Å². The molecule has 1 saturated carbocycles. The number of amides is 3. The number of esters is 1. The van der Waals surface area contributed by atoms with E-state index < -0.39 is 72.0 Å². The zero-order valence-electron chi connectivity index (χ0n) is 25.1. The summed E-state index contributed by atoms with van der Waals surface area (Å²) in [7, 11) is 0. The molecule has 2 bridgehead atoms. The summed E-state index contributed by atoms with van der Waals surface area (Å²) < 4.78 is 50.1. The van der Waals surface area contributed by atoms with Gasteiger partial charge in [-0.15, -0.1) is 0 Å². The number of anilines is 1. The highest BCUT2D eigenvalue weighted by Gasteiger charge is 2.61. The molecule has 6 atom stereocenters. The van der Waals surface area contributed by atoms with Crippen LogP contribution in [0.5, 0.6) is 0 Å². The topological polar surface area (TPSA) is 117 Å². The Labute approximate surface area is 260 Å². The molecule has 3 N–H and O–H groups in total. The molecule has 0 aromatic heterocycles. The SMILES string of the molecule is CCOC(=O)/C(F)=C/[C@H](C[C@@H]1CCNC1=O)NC(=O)[C@H]1[C@H]2CC[C@H](CC2(F)F)N1C(=O)[C@H](CC(C)C)Nc1cccc(Cl)c1. The molecule has 1 aromatic rings. The fourth-order valence-corrected chi connectivity index (χ4v) is 6.72. The van der Waals surface area contributed by atoms with Crippen molar-refractivity contribution in [2.45, 2.75) is 89.4 Å². The highest BCUT2D eigenvalue weighted by molar-refractivity contribution is 6.30. The summed E-state index contributed by atoms with van der Waals surface area (Å²) in [5.74, 6) is -9.42. The molecular formula is C31H40ClF3N4O5. The second-order valence-electron chi connectivity index (χ2n) is 12.2. The van der Waals surface area contributed by atoms with Gasteiger partial charge in [0.05, 0.1) is 18.6 Å². The van der Waals surface area contributed by atoms with Gasteiger partial charge in [-0.2, -0.15) is 4.39 Å². The van der Waals surface area contributed by atoms with Gasteiger partial charge in [-0.05, 0) is 69.2 Å². The summed E-state index contributed by atoms with van der Waals surface area (Å²) in [5, 5.41) is 8.90. The summed E-state index contributed by atoms with van der Waals surface area (Å²) in [5.41, 5.74) is 0.569. The molecule has 1 aliphatic carbocycles. The lowest BCUT2D eigenvalue weighted by molar-refractivity contribution is -0.194. The van der Waals surface area contributed by atoms with E-state index in [1.54, 1.807) is 24.3 Å². The van der Waals surface area contributed by atoms with Crippen molar-refractivity contribution in [3.05, 3.63) is 41.2 Å². The lowest BCUT2D eigenvalue weighted by Crippen LogP contribution is -2.70. The average molecular weight is 641 g/mol. The maximum absolute atomic E-state index is 15.3. The molecule has 5 rings (SSSR count). The fourth-order valence-electron chi connectivity index (χ4n) is 6.53. The molecule has 9 nitrogen and oxygen atoms in total. The average Bonchev–Trinajstić information content (AvgIpc) is 3.35. The Morgan fingerprint density at radius 3 is 2.59 bits per heavy atom. The number of rotatable bonds is 12. The smallest absolute Gasteiger partial charge is 0.366 e. The molecule has 0 unspecified atom stereocenters. The first-order valence-electron chi connectivity index (χ1n) is 15.1. The number of hydrogen-bond acceptors (Lipinski definition) is 6. The van der Waals surface area contributed by atoms with Crippen molar-refractivity contribution in [3.8, 4) is 0 Å². The van der Waals surface area contributed by atoms with Crippen LogP contribution in [0.1, 0.15) is 59.3 Å². The van der Waals surface area contributed by atoms with E-state index in [9.17, 15) is 23.6 Å². The van der Waals surface area contributed by atoms with Crippen LogP contribution in [0.15, 0.2) is 36.2 Å². The maximum Gasteiger partial charge on any atom is 0.366 e. The molecule has 0 radical (unpaired) electrons. The van der Waals surface area contributed by atoms with Gasteiger partial charge in [0.2, 0.25) is 23.5 Å². The number of halogens is 4. The second kappa shape index (κ2) is 14.2. The molecular weight excluding hydrogens is 601 g/mol. The normalized spacial score (nSPS) is 25.8. The molecule has 4 aliphatic rings. The van der Waals surface area contributed by atoms with E-state index >= 15 is 8.78 Å². The number of nitrogens with zero attached hydrogens (tertiary/aromatic N) is 1. The van der Waals surface area contributed by atoms with Crippen molar-refractivity contribution in [1.29, 1.82) is 0 Å². The minimum atomic E-state index is -3.21. The maximum atomic E-state index is 15.3. The zero-order chi connectivity index (χ0) is 32.2. The molecule has 44 heavy (non-hydrogen) atoms. The Bertz CT molecular complexity index is 1280. The Morgan fingerprint density at radius 1 is 1.23 bits per heavy atom. The van der Waals surface area contributed by atoms with Crippen molar-refractivity contribution >= 4 is 41.0 Å². The van der Waals surface area contributed by atoms with Crippen LogP contribution in [-0.2, 0) is 23.9 Å². The highest BCUT2D eigenvalue weighted by atomic mass is 35.5. The van der Waals surface area contributed by atoms with E-state index in [4.69, 9.17) is 16.3 Å². The minimum absolute atomic E-state index is 0.0266.